The SMILES string of the molecule is COc1ccc(/C(O)=C2/C(=O)C(=O)N(c3ccc(Oc4ccccc4)cc3)C2c2ccco2)cc1Cl. The smallest absolute Gasteiger partial charge is 0.300 e. The highest BCUT2D eigenvalue weighted by molar-refractivity contribution is 6.51. The lowest BCUT2D eigenvalue weighted by Gasteiger charge is -2.23. The van der Waals surface area contributed by atoms with Gasteiger partial charge in [-0.2, -0.15) is 0 Å². The maximum Gasteiger partial charge on any atom is 0.300 e. The fourth-order valence-electron chi connectivity index (χ4n) is 4.08. The summed E-state index contributed by atoms with van der Waals surface area (Å²) >= 11 is 6.23. The quantitative estimate of drug-likeness (QED) is 0.188. The lowest BCUT2D eigenvalue weighted by Crippen LogP contribution is -2.29. The Morgan fingerprint density at radius 3 is 2.31 bits per heavy atom. The van der Waals surface area contributed by atoms with Gasteiger partial charge in [0.1, 0.15) is 34.8 Å². The number of ether oxygens (including phenoxy) is 2. The van der Waals surface area contributed by atoms with Crippen LogP contribution in [0.1, 0.15) is 17.4 Å². The molecule has 1 amide bonds. The number of aliphatic hydroxyl groups excluding tert-OH is 1. The molecule has 7 nitrogen and oxygen atoms in total. The number of anilines is 1. The number of para-hydroxylation sites is 1. The van der Waals surface area contributed by atoms with Gasteiger partial charge in [0, 0.05) is 11.3 Å². The molecular formula is C28H20ClNO6. The third-order valence-electron chi connectivity index (χ3n) is 5.78. The van der Waals surface area contributed by atoms with Crippen LogP contribution in [0, 0.1) is 0 Å². The fraction of sp³-hybridized carbons (Fsp3) is 0.0714. The molecule has 36 heavy (non-hydrogen) atoms. The first kappa shape index (κ1) is 23.3. The number of ketones is 1. The van der Waals surface area contributed by atoms with Gasteiger partial charge >= 0.3 is 0 Å². The van der Waals surface area contributed by atoms with Crippen molar-refractivity contribution in [2.45, 2.75) is 6.04 Å². The molecule has 0 bridgehead atoms. The van der Waals surface area contributed by atoms with Crippen LogP contribution in [0.3, 0.4) is 0 Å². The summed E-state index contributed by atoms with van der Waals surface area (Å²) in [6.45, 7) is 0. The molecule has 0 spiro atoms. The van der Waals surface area contributed by atoms with Crippen LogP contribution < -0.4 is 14.4 Å². The molecule has 3 aromatic carbocycles. The summed E-state index contributed by atoms with van der Waals surface area (Å²) in [5, 5.41) is 11.4. The number of furan rings is 1. The first-order valence-electron chi connectivity index (χ1n) is 11.0. The second-order valence-corrected chi connectivity index (χ2v) is 8.35. The van der Waals surface area contributed by atoms with Crippen molar-refractivity contribution in [1.82, 2.24) is 0 Å². The molecule has 2 heterocycles. The summed E-state index contributed by atoms with van der Waals surface area (Å²) in [5.41, 5.74) is 0.591. The number of hydrogen-bond acceptors (Lipinski definition) is 6. The molecule has 0 aliphatic carbocycles. The number of Topliss-reactive ketones (excluding diaryl/α,β-unsaturated/α-hetero) is 1. The minimum atomic E-state index is -0.984. The minimum absolute atomic E-state index is 0.110. The Labute approximate surface area is 211 Å². The number of benzene rings is 3. The van der Waals surface area contributed by atoms with Gasteiger partial charge in [0.05, 0.1) is 24.0 Å². The van der Waals surface area contributed by atoms with E-state index in [-0.39, 0.29) is 21.9 Å². The van der Waals surface area contributed by atoms with E-state index in [4.69, 9.17) is 25.5 Å². The molecule has 1 atom stereocenters. The molecule has 180 valence electrons. The average molecular weight is 502 g/mol. The van der Waals surface area contributed by atoms with E-state index in [0.29, 0.717) is 28.7 Å². The molecule has 1 aliphatic rings. The molecule has 5 rings (SSSR count). The zero-order chi connectivity index (χ0) is 25.2. The van der Waals surface area contributed by atoms with Gasteiger partial charge in [0.25, 0.3) is 11.7 Å². The molecule has 0 saturated carbocycles. The van der Waals surface area contributed by atoms with E-state index in [1.54, 1.807) is 48.5 Å². The van der Waals surface area contributed by atoms with Crippen molar-refractivity contribution >= 4 is 34.7 Å². The maximum absolute atomic E-state index is 13.2. The Balaban J connectivity index is 1.56. The highest BCUT2D eigenvalue weighted by Crippen LogP contribution is 2.43. The van der Waals surface area contributed by atoms with Crippen molar-refractivity contribution in [3.05, 3.63) is 113 Å². The van der Waals surface area contributed by atoms with Crippen LogP contribution in [0.4, 0.5) is 5.69 Å². The standard InChI is InChI=1S/C28H20ClNO6/c1-34-22-14-9-17(16-21(22)29)26(31)24-25(23-8-5-15-35-23)30(28(33)27(24)32)18-10-12-20(13-11-18)36-19-6-3-2-4-7-19/h2-16,25,31H,1H3/b26-24-. The van der Waals surface area contributed by atoms with E-state index < -0.39 is 17.7 Å². The molecule has 1 N–H and O–H groups in total. The molecule has 4 aromatic rings. The van der Waals surface area contributed by atoms with Crippen LogP contribution in [-0.4, -0.2) is 23.9 Å². The van der Waals surface area contributed by atoms with Crippen LogP contribution in [0.5, 0.6) is 17.2 Å². The fourth-order valence-corrected chi connectivity index (χ4v) is 4.34. The summed E-state index contributed by atoms with van der Waals surface area (Å²) in [5.74, 6) is -0.0528. The highest BCUT2D eigenvalue weighted by atomic mass is 35.5. The Morgan fingerprint density at radius 1 is 0.944 bits per heavy atom. The van der Waals surface area contributed by atoms with Crippen molar-refractivity contribution in [3.63, 3.8) is 0 Å². The van der Waals surface area contributed by atoms with Crippen molar-refractivity contribution in [3.8, 4) is 17.2 Å². The third-order valence-corrected chi connectivity index (χ3v) is 6.07. The van der Waals surface area contributed by atoms with Crippen LogP contribution >= 0.6 is 11.6 Å². The zero-order valence-corrected chi connectivity index (χ0v) is 19.8. The molecule has 1 aliphatic heterocycles. The van der Waals surface area contributed by atoms with Gasteiger partial charge in [-0.15, -0.1) is 0 Å². The van der Waals surface area contributed by atoms with Gasteiger partial charge < -0.3 is 19.0 Å². The van der Waals surface area contributed by atoms with Crippen LogP contribution in [0.2, 0.25) is 5.02 Å². The predicted octanol–water partition coefficient (Wildman–Crippen LogP) is 6.36. The molecule has 8 heteroatoms. The average Bonchev–Trinajstić information content (AvgIpc) is 3.52. The van der Waals surface area contributed by atoms with Gasteiger partial charge in [0.2, 0.25) is 0 Å². The van der Waals surface area contributed by atoms with E-state index in [2.05, 4.69) is 0 Å². The Bertz CT molecular complexity index is 1450. The summed E-state index contributed by atoms with van der Waals surface area (Å²) < 4.78 is 16.6. The molecule has 1 unspecified atom stereocenters. The van der Waals surface area contributed by atoms with Crippen molar-refractivity contribution in [1.29, 1.82) is 0 Å². The maximum atomic E-state index is 13.2. The van der Waals surface area contributed by atoms with Crippen molar-refractivity contribution in [2.75, 3.05) is 12.0 Å². The Kier molecular flexibility index (Phi) is 6.23. The highest BCUT2D eigenvalue weighted by Gasteiger charge is 2.48. The van der Waals surface area contributed by atoms with E-state index >= 15 is 0 Å². The van der Waals surface area contributed by atoms with Crippen molar-refractivity contribution < 1.29 is 28.6 Å². The number of methoxy groups -OCH3 is 1. The molecular weight excluding hydrogens is 482 g/mol. The first-order chi connectivity index (χ1) is 17.5. The number of hydrogen-bond donors (Lipinski definition) is 1. The van der Waals surface area contributed by atoms with E-state index in [1.165, 1.54) is 24.3 Å². The second kappa shape index (κ2) is 9.64. The van der Waals surface area contributed by atoms with Crippen LogP contribution in [0.15, 0.2) is 101 Å². The Hall–Kier alpha value is -4.49. The molecule has 1 aromatic heterocycles. The molecule has 0 radical (unpaired) electrons. The summed E-state index contributed by atoms with van der Waals surface area (Å²) in [7, 11) is 1.47. The van der Waals surface area contributed by atoms with Gasteiger partial charge in [-0.05, 0) is 66.7 Å². The first-order valence-corrected chi connectivity index (χ1v) is 11.4. The number of rotatable bonds is 6. The number of aliphatic hydroxyl groups is 1. The monoisotopic (exact) mass is 501 g/mol. The lowest BCUT2D eigenvalue weighted by atomic mass is 9.99. The third kappa shape index (κ3) is 4.21. The minimum Gasteiger partial charge on any atom is -0.507 e. The number of halogens is 1. The number of amides is 1. The largest absolute Gasteiger partial charge is 0.507 e. The normalized spacial score (nSPS) is 16.8. The van der Waals surface area contributed by atoms with Gasteiger partial charge in [-0.25, -0.2) is 0 Å². The van der Waals surface area contributed by atoms with E-state index in [0.717, 1.165) is 0 Å². The van der Waals surface area contributed by atoms with Gasteiger partial charge in [-0.1, -0.05) is 29.8 Å². The summed E-state index contributed by atoms with van der Waals surface area (Å²) in [6, 6.07) is 22.9. The van der Waals surface area contributed by atoms with Crippen LogP contribution in [0.25, 0.3) is 5.76 Å². The molecule has 1 saturated heterocycles. The number of nitrogens with zero attached hydrogens (tertiary/aromatic N) is 1. The predicted molar refractivity (Wildman–Crippen MR) is 134 cm³/mol. The van der Waals surface area contributed by atoms with Crippen LogP contribution in [-0.2, 0) is 9.59 Å². The number of carbonyl (C=O) groups is 2. The topological polar surface area (TPSA) is 89.2 Å². The van der Waals surface area contributed by atoms with Gasteiger partial charge in [0.15, 0.2) is 0 Å². The lowest BCUT2D eigenvalue weighted by molar-refractivity contribution is -0.132. The second-order valence-electron chi connectivity index (χ2n) is 7.94. The summed E-state index contributed by atoms with van der Waals surface area (Å²) in [4.78, 5) is 27.7. The summed E-state index contributed by atoms with van der Waals surface area (Å²) in [6.07, 6.45) is 1.44. The number of carbonyl (C=O) groups excluding carboxylic acids is 2. The van der Waals surface area contributed by atoms with Gasteiger partial charge in [-0.3, -0.25) is 14.5 Å². The van der Waals surface area contributed by atoms with E-state index in [9.17, 15) is 14.7 Å². The van der Waals surface area contributed by atoms with E-state index in [1.807, 2.05) is 30.3 Å². The Morgan fingerprint density at radius 2 is 1.67 bits per heavy atom. The zero-order valence-electron chi connectivity index (χ0n) is 19.1. The molecule has 1 fully saturated rings. The van der Waals surface area contributed by atoms with Crippen molar-refractivity contribution in [2.24, 2.45) is 0 Å².